The van der Waals surface area contributed by atoms with Crippen LogP contribution in [0.4, 0.5) is 0 Å². The summed E-state index contributed by atoms with van der Waals surface area (Å²) < 4.78 is 4.78. The van der Waals surface area contributed by atoms with Crippen molar-refractivity contribution in [3.05, 3.63) is 22.5 Å². The van der Waals surface area contributed by atoms with Gasteiger partial charge in [0, 0.05) is 11.7 Å². The number of carbonyl (C=O) groups is 2. The summed E-state index contributed by atoms with van der Waals surface area (Å²) in [6.07, 6.45) is 3.38. The minimum Gasteiger partial charge on any atom is -0.465 e. The van der Waals surface area contributed by atoms with Crippen molar-refractivity contribution >= 4 is 11.9 Å². The van der Waals surface area contributed by atoms with E-state index in [0.29, 0.717) is 34.4 Å². The highest BCUT2D eigenvalue weighted by molar-refractivity contribution is 6.00. The molecule has 1 fully saturated rings. The highest BCUT2D eigenvalue weighted by atomic mass is 16.5. The van der Waals surface area contributed by atoms with E-state index >= 15 is 0 Å². The van der Waals surface area contributed by atoms with E-state index in [2.05, 4.69) is 24.1 Å². The Bertz CT molecular complexity index is 577. The summed E-state index contributed by atoms with van der Waals surface area (Å²) in [6, 6.07) is 0.195. The molecule has 3 atom stereocenters. The second-order valence-electron chi connectivity index (χ2n) is 6.46. The SMILES string of the molecule is COC(=O)c1c(C)[nH]c(C(=O)N[C@@H]2CCC[C@@H](C)[C@H]2C)c1C. The molecule has 0 bridgehead atoms. The van der Waals surface area contributed by atoms with E-state index in [1.807, 2.05) is 0 Å². The topological polar surface area (TPSA) is 71.2 Å². The van der Waals surface area contributed by atoms with E-state index in [1.165, 1.54) is 13.5 Å². The molecule has 22 heavy (non-hydrogen) atoms. The fourth-order valence-corrected chi connectivity index (χ4v) is 3.41. The van der Waals surface area contributed by atoms with Gasteiger partial charge < -0.3 is 15.0 Å². The predicted molar refractivity (Wildman–Crippen MR) is 85.0 cm³/mol. The Morgan fingerprint density at radius 3 is 2.55 bits per heavy atom. The Hall–Kier alpha value is -1.78. The first-order chi connectivity index (χ1) is 10.4. The number of aromatic amines is 1. The van der Waals surface area contributed by atoms with Crippen molar-refractivity contribution in [3.63, 3.8) is 0 Å². The molecule has 0 aliphatic heterocycles. The van der Waals surface area contributed by atoms with Crippen LogP contribution in [0.2, 0.25) is 0 Å². The third-order valence-corrected chi connectivity index (χ3v) is 5.08. The van der Waals surface area contributed by atoms with Crippen LogP contribution in [-0.4, -0.2) is 30.0 Å². The Labute approximate surface area is 131 Å². The minimum atomic E-state index is -0.412. The van der Waals surface area contributed by atoms with Crippen molar-refractivity contribution in [2.45, 2.75) is 53.0 Å². The van der Waals surface area contributed by atoms with E-state index < -0.39 is 5.97 Å². The van der Waals surface area contributed by atoms with Gasteiger partial charge in [-0.3, -0.25) is 4.79 Å². The van der Waals surface area contributed by atoms with Gasteiger partial charge in [0.1, 0.15) is 5.69 Å². The zero-order chi connectivity index (χ0) is 16.4. The van der Waals surface area contributed by atoms with Gasteiger partial charge in [0.15, 0.2) is 0 Å². The summed E-state index contributed by atoms with van der Waals surface area (Å²) in [5.74, 6) is 0.539. The number of rotatable bonds is 3. The van der Waals surface area contributed by atoms with Crippen LogP contribution in [0.1, 0.15) is 65.2 Å². The smallest absolute Gasteiger partial charge is 0.339 e. The maximum atomic E-state index is 12.6. The maximum absolute atomic E-state index is 12.6. The molecule has 0 unspecified atom stereocenters. The van der Waals surface area contributed by atoms with Crippen LogP contribution in [0.25, 0.3) is 0 Å². The molecular weight excluding hydrogens is 280 g/mol. The number of H-pyrrole nitrogens is 1. The first-order valence-electron chi connectivity index (χ1n) is 7.95. The van der Waals surface area contributed by atoms with Gasteiger partial charge in [-0.1, -0.05) is 26.7 Å². The quantitative estimate of drug-likeness (QED) is 0.843. The summed E-state index contributed by atoms with van der Waals surface area (Å²) in [6.45, 7) is 7.99. The van der Waals surface area contributed by atoms with Gasteiger partial charge in [-0.05, 0) is 37.7 Å². The number of aromatic nitrogens is 1. The minimum absolute atomic E-state index is 0.137. The Morgan fingerprint density at radius 1 is 1.23 bits per heavy atom. The molecule has 5 heteroatoms. The average molecular weight is 306 g/mol. The summed E-state index contributed by atoms with van der Waals surface area (Å²) in [5, 5.41) is 3.13. The molecule has 0 spiro atoms. The van der Waals surface area contributed by atoms with E-state index in [0.717, 1.165) is 12.8 Å². The number of carbonyl (C=O) groups excluding carboxylic acids is 2. The number of esters is 1. The largest absolute Gasteiger partial charge is 0.465 e. The molecular formula is C17H26N2O3. The van der Waals surface area contributed by atoms with Crippen molar-refractivity contribution in [3.8, 4) is 0 Å². The maximum Gasteiger partial charge on any atom is 0.339 e. The van der Waals surface area contributed by atoms with Crippen molar-refractivity contribution in [2.75, 3.05) is 7.11 Å². The van der Waals surface area contributed by atoms with Gasteiger partial charge in [-0.25, -0.2) is 4.79 Å². The molecule has 0 radical (unpaired) electrons. The second kappa shape index (κ2) is 6.55. The zero-order valence-electron chi connectivity index (χ0n) is 14.1. The molecule has 5 nitrogen and oxygen atoms in total. The van der Waals surface area contributed by atoms with Crippen LogP contribution < -0.4 is 5.32 Å². The molecule has 122 valence electrons. The van der Waals surface area contributed by atoms with Crippen LogP contribution >= 0.6 is 0 Å². The molecule has 1 aromatic heterocycles. The van der Waals surface area contributed by atoms with Crippen LogP contribution in [0.15, 0.2) is 0 Å². The van der Waals surface area contributed by atoms with E-state index in [-0.39, 0.29) is 11.9 Å². The molecule has 1 heterocycles. The third-order valence-electron chi connectivity index (χ3n) is 5.08. The van der Waals surface area contributed by atoms with Gasteiger partial charge in [-0.15, -0.1) is 0 Å². The van der Waals surface area contributed by atoms with Gasteiger partial charge in [0.25, 0.3) is 5.91 Å². The van der Waals surface area contributed by atoms with Gasteiger partial charge in [-0.2, -0.15) is 0 Å². The summed E-state index contributed by atoms with van der Waals surface area (Å²) in [7, 11) is 1.35. The first kappa shape index (κ1) is 16.6. The fourth-order valence-electron chi connectivity index (χ4n) is 3.41. The molecule has 1 saturated carbocycles. The molecule has 0 saturated heterocycles. The standard InChI is InChI=1S/C17H26N2O3/c1-9-7-6-8-13(10(9)2)19-16(20)15-11(3)14(12(4)18-15)17(21)22-5/h9-10,13,18H,6-8H2,1-5H3,(H,19,20)/t9-,10-,13-/m1/s1. The predicted octanol–water partition coefficient (Wildman–Crippen LogP) is 2.97. The lowest BCUT2D eigenvalue weighted by molar-refractivity contribution is 0.0599. The van der Waals surface area contributed by atoms with Gasteiger partial charge >= 0.3 is 5.97 Å². The normalized spacial score (nSPS) is 24.9. The van der Waals surface area contributed by atoms with Crippen molar-refractivity contribution in [1.82, 2.24) is 10.3 Å². The van der Waals surface area contributed by atoms with Crippen LogP contribution in [0, 0.1) is 25.7 Å². The number of ether oxygens (including phenoxy) is 1. The van der Waals surface area contributed by atoms with Crippen molar-refractivity contribution in [2.24, 2.45) is 11.8 Å². The number of hydrogen-bond donors (Lipinski definition) is 2. The van der Waals surface area contributed by atoms with Crippen LogP contribution in [0.3, 0.4) is 0 Å². The Balaban J connectivity index is 2.18. The summed E-state index contributed by atoms with van der Waals surface area (Å²) in [5.41, 5.74) is 2.24. The lowest BCUT2D eigenvalue weighted by atomic mass is 9.78. The molecule has 2 rings (SSSR count). The summed E-state index contributed by atoms with van der Waals surface area (Å²) in [4.78, 5) is 27.4. The molecule has 1 aromatic rings. The van der Waals surface area contributed by atoms with E-state index in [4.69, 9.17) is 4.74 Å². The van der Waals surface area contributed by atoms with Gasteiger partial charge in [0.05, 0.1) is 12.7 Å². The lowest BCUT2D eigenvalue weighted by Gasteiger charge is -2.34. The van der Waals surface area contributed by atoms with Crippen molar-refractivity contribution in [1.29, 1.82) is 0 Å². The van der Waals surface area contributed by atoms with Gasteiger partial charge in [0.2, 0.25) is 0 Å². The van der Waals surface area contributed by atoms with Crippen molar-refractivity contribution < 1.29 is 14.3 Å². The number of hydrogen-bond acceptors (Lipinski definition) is 3. The molecule has 1 aliphatic rings. The molecule has 2 N–H and O–H groups in total. The monoisotopic (exact) mass is 306 g/mol. The zero-order valence-corrected chi connectivity index (χ0v) is 14.1. The van der Waals surface area contributed by atoms with E-state index in [9.17, 15) is 9.59 Å². The Kier molecular flexibility index (Phi) is 4.94. The fraction of sp³-hybridized carbons (Fsp3) is 0.647. The van der Waals surface area contributed by atoms with E-state index in [1.54, 1.807) is 13.8 Å². The first-order valence-corrected chi connectivity index (χ1v) is 7.95. The second-order valence-corrected chi connectivity index (χ2v) is 6.46. The van der Waals surface area contributed by atoms with Crippen LogP contribution in [0.5, 0.6) is 0 Å². The number of methoxy groups -OCH3 is 1. The molecule has 1 aliphatic carbocycles. The highest BCUT2D eigenvalue weighted by Gasteiger charge is 2.30. The summed E-state index contributed by atoms with van der Waals surface area (Å²) >= 11 is 0. The number of aryl methyl sites for hydroxylation is 1. The number of amides is 1. The third kappa shape index (κ3) is 3.03. The average Bonchev–Trinajstić information content (AvgIpc) is 2.78. The molecule has 0 aromatic carbocycles. The molecule has 1 amide bonds. The van der Waals surface area contributed by atoms with Crippen LogP contribution in [-0.2, 0) is 4.74 Å². The number of nitrogens with one attached hydrogen (secondary N) is 2. The highest BCUT2D eigenvalue weighted by Crippen LogP contribution is 2.30. The Morgan fingerprint density at radius 2 is 1.91 bits per heavy atom. The lowest BCUT2D eigenvalue weighted by Crippen LogP contribution is -2.44.